The van der Waals surface area contributed by atoms with Crippen molar-refractivity contribution in [3.8, 4) is 0 Å². The van der Waals surface area contributed by atoms with Gasteiger partial charge in [-0.25, -0.2) is 9.82 Å². The molecule has 0 bridgehead atoms. The van der Waals surface area contributed by atoms with Crippen molar-refractivity contribution in [3.63, 3.8) is 0 Å². The van der Waals surface area contributed by atoms with Crippen molar-refractivity contribution in [1.29, 1.82) is 0 Å². The van der Waals surface area contributed by atoms with E-state index in [4.69, 9.17) is 0 Å². The van der Waals surface area contributed by atoms with Crippen molar-refractivity contribution in [1.82, 2.24) is 20.2 Å². The number of carbonyl (C=O) groups is 1. The van der Waals surface area contributed by atoms with Crippen molar-refractivity contribution in [3.05, 3.63) is 77.4 Å². The molecule has 0 saturated heterocycles. The van der Waals surface area contributed by atoms with Crippen LogP contribution in [0.3, 0.4) is 0 Å². The maximum Gasteiger partial charge on any atom is 0.271 e. The fourth-order valence-corrected chi connectivity index (χ4v) is 2.95. The first-order valence-corrected chi connectivity index (χ1v) is 8.76. The predicted molar refractivity (Wildman–Crippen MR) is 98.5 cm³/mol. The Morgan fingerprint density at radius 3 is 2.73 bits per heavy atom. The molecule has 0 radical (unpaired) electrons. The maximum atomic E-state index is 13.5. The van der Waals surface area contributed by atoms with Crippen LogP contribution in [0.4, 0.5) is 4.39 Å². The van der Waals surface area contributed by atoms with E-state index < -0.39 is 5.82 Å². The lowest BCUT2D eigenvalue weighted by Gasteiger charge is -2.03. The molecular weight excluding hydrogens is 353 g/mol. The minimum absolute atomic E-state index is 0.309. The van der Waals surface area contributed by atoms with Crippen molar-refractivity contribution in [2.45, 2.75) is 10.9 Å². The van der Waals surface area contributed by atoms with Crippen LogP contribution in [0.2, 0.25) is 0 Å². The van der Waals surface area contributed by atoms with Crippen LogP contribution < -0.4 is 5.43 Å². The topological polar surface area (TPSA) is 72.2 Å². The molecule has 6 nitrogen and oxygen atoms in total. The molecule has 8 heteroatoms. The molecule has 0 atom stereocenters. The second kappa shape index (κ2) is 8.39. The first-order chi connectivity index (χ1) is 12.6. The maximum absolute atomic E-state index is 13.5. The number of nitrogens with one attached hydrogen (secondary N) is 1. The van der Waals surface area contributed by atoms with Crippen LogP contribution >= 0.6 is 11.8 Å². The number of hydrogen-bond donors (Lipinski definition) is 1. The molecule has 26 heavy (non-hydrogen) atoms. The number of carbonyl (C=O) groups excluding carboxylic acids is 1. The van der Waals surface area contributed by atoms with E-state index in [-0.39, 0.29) is 5.91 Å². The third-order valence-corrected chi connectivity index (χ3v) is 4.63. The number of hydrazone groups is 1. The number of hydrogen-bond acceptors (Lipinski definition) is 5. The number of benzene rings is 2. The summed E-state index contributed by atoms with van der Waals surface area (Å²) in [6, 6.07) is 13.4. The van der Waals surface area contributed by atoms with Crippen LogP contribution in [0.1, 0.15) is 21.5 Å². The predicted octanol–water partition coefficient (Wildman–Crippen LogP) is 3.01. The molecule has 3 rings (SSSR count). The first kappa shape index (κ1) is 17.8. The summed E-state index contributed by atoms with van der Waals surface area (Å²) in [4.78, 5) is 12.1. The Hall–Kier alpha value is -3.00. The van der Waals surface area contributed by atoms with E-state index in [0.29, 0.717) is 11.1 Å². The third kappa shape index (κ3) is 4.54. The molecule has 0 saturated carbocycles. The third-order valence-electron chi connectivity index (χ3n) is 3.53. The van der Waals surface area contributed by atoms with Crippen LogP contribution in [-0.4, -0.2) is 26.9 Å². The van der Waals surface area contributed by atoms with Gasteiger partial charge in [-0.05, 0) is 23.8 Å². The highest BCUT2D eigenvalue weighted by Gasteiger charge is 2.06. The molecule has 2 aromatic carbocycles. The highest BCUT2D eigenvalue weighted by atomic mass is 32.2. The number of thioether (sulfide) groups is 1. The van der Waals surface area contributed by atoms with Crippen molar-refractivity contribution in [2.75, 3.05) is 0 Å². The molecule has 0 unspecified atom stereocenters. The minimum Gasteiger partial charge on any atom is -0.312 e. The zero-order valence-corrected chi connectivity index (χ0v) is 14.8. The smallest absolute Gasteiger partial charge is 0.271 e. The number of rotatable bonds is 6. The molecular formula is C18H16FN5OS. The fraction of sp³-hybridized carbons (Fsp3) is 0.111. The molecule has 0 spiro atoms. The summed E-state index contributed by atoms with van der Waals surface area (Å²) in [6.45, 7) is 0. The van der Waals surface area contributed by atoms with E-state index in [1.165, 1.54) is 12.3 Å². The normalized spacial score (nSPS) is 11.0. The zero-order chi connectivity index (χ0) is 18.4. The SMILES string of the molecule is Cn1cnnc1SCc1ccc(C(=O)N/N=C/c2ccccc2F)cc1. The minimum atomic E-state index is -0.393. The number of aryl methyl sites for hydroxylation is 1. The van der Waals surface area contributed by atoms with E-state index in [9.17, 15) is 9.18 Å². The summed E-state index contributed by atoms with van der Waals surface area (Å²) in [7, 11) is 1.89. The number of amides is 1. The van der Waals surface area contributed by atoms with Gasteiger partial charge >= 0.3 is 0 Å². The van der Waals surface area contributed by atoms with Crippen LogP contribution in [-0.2, 0) is 12.8 Å². The van der Waals surface area contributed by atoms with Gasteiger partial charge in [0.25, 0.3) is 5.91 Å². The molecule has 0 fully saturated rings. The van der Waals surface area contributed by atoms with Gasteiger partial charge in [-0.2, -0.15) is 5.10 Å². The average molecular weight is 369 g/mol. The van der Waals surface area contributed by atoms with E-state index in [1.54, 1.807) is 48.4 Å². The number of halogens is 1. The number of aromatic nitrogens is 3. The van der Waals surface area contributed by atoms with Gasteiger partial charge < -0.3 is 4.57 Å². The first-order valence-electron chi connectivity index (χ1n) is 7.77. The Balaban J connectivity index is 1.55. The molecule has 1 heterocycles. The highest BCUT2D eigenvalue weighted by molar-refractivity contribution is 7.98. The lowest BCUT2D eigenvalue weighted by molar-refractivity contribution is 0.0955. The standard InChI is InChI=1S/C18H16FN5OS/c1-24-12-21-23-18(24)26-11-13-6-8-14(9-7-13)17(25)22-20-10-15-4-2-3-5-16(15)19/h2-10,12H,11H2,1H3,(H,22,25)/b20-10+. The van der Waals surface area contributed by atoms with Crippen LogP contribution in [0.25, 0.3) is 0 Å². The summed E-state index contributed by atoms with van der Waals surface area (Å²) in [5.41, 5.74) is 4.24. The van der Waals surface area contributed by atoms with E-state index >= 15 is 0 Å². The van der Waals surface area contributed by atoms with Gasteiger partial charge in [0.15, 0.2) is 5.16 Å². The van der Waals surface area contributed by atoms with Gasteiger partial charge in [0.2, 0.25) is 0 Å². The summed E-state index contributed by atoms with van der Waals surface area (Å²) in [6.07, 6.45) is 2.93. The average Bonchev–Trinajstić information content (AvgIpc) is 3.07. The Bertz CT molecular complexity index is 923. The highest BCUT2D eigenvalue weighted by Crippen LogP contribution is 2.20. The van der Waals surface area contributed by atoms with Crippen molar-refractivity contribution in [2.24, 2.45) is 12.1 Å². The molecule has 3 aromatic rings. The van der Waals surface area contributed by atoms with Gasteiger partial charge in [0.1, 0.15) is 12.1 Å². The van der Waals surface area contributed by atoms with Crippen LogP contribution in [0.5, 0.6) is 0 Å². The van der Waals surface area contributed by atoms with Crippen LogP contribution in [0, 0.1) is 5.82 Å². The van der Waals surface area contributed by atoms with E-state index in [0.717, 1.165) is 16.5 Å². The fourth-order valence-electron chi connectivity index (χ4n) is 2.11. The lowest BCUT2D eigenvalue weighted by atomic mass is 10.1. The Labute approximate surface area is 154 Å². The monoisotopic (exact) mass is 369 g/mol. The van der Waals surface area contributed by atoms with Crippen LogP contribution in [0.15, 0.2) is 65.1 Å². The van der Waals surface area contributed by atoms with Crippen molar-refractivity contribution < 1.29 is 9.18 Å². The Morgan fingerprint density at radius 2 is 2.04 bits per heavy atom. The molecule has 0 aliphatic rings. The second-order valence-corrected chi connectivity index (χ2v) is 6.37. The second-order valence-electron chi connectivity index (χ2n) is 5.43. The molecule has 1 aromatic heterocycles. The molecule has 0 aliphatic carbocycles. The molecule has 1 amide bonds. The van der Waals surface area contributed by atoms with Gasteiger partial charge in [-0.1, -0.05) is 42.1 Å². The van der Waals surface area contributed by atoms with Gasteiger partial charge in [0, 0.05) is 23.9 Å². The summed E-state index contributed by atoms with van der Waals surface area (Å²) in [5, 5.41) is 12.5. The largest absolute Gasteiger partial charge is 0.312 e. The quantitative estimate of drug-likeness (QED) is 0.412. The van der Waals surface area contributed by atoms with Gasteiger partial charge in [-0.15, -0.1) is 10.2 Å². The summed E-state index contributed by atoms with van der Waals surface area (Å²) < 4.78 is 15.3. The Morgan fingerprint density at radius 1 is 1.27 bits per heavy atom. The summed E-state index contributed by atoms with van der Waals surface area (Å²) in [5.74, 6) is -0.0276. The van der Waals surface area contributed by atoms with E-state index in [1.807, 2.05) is 23.7 Å². The molecule has 132 valence electrons. The molecule has 0 aliphatic heterocycles. The number of nitrogens with zero attached hydrogens (tertiary/aromatic N) is 4. The van der Waals surface area contributed by atoms with E-state index in [2.05, 4.69) is 20.7 Å². The Kier molecular flexibility index (Phi) is 5.75. The summed E-state index contributed by atoms with van der Waals surface area (Å²) >= 11 is 1.56. The van der Waals surface area contributed by atoms with Gasteiger partial charge in [0.05, 0.1) is 6.21 Å². The lowest BCUT2D eigenvalue weighted by Crippen LogP contribution is -2.17. The van der Waals surface area contributed by atoms with Crippen molar-refractivity contribution >= 4 is 23.9 Å². The molecule has 1 N–H and O–H groups in total. The zero-order valence-electron chi connectivity index (χ0n) is 14.0. The van der Waals surface area contributed by atoms with Gasteiger partial charge in [-0.3, -0.25) is 4.79 Å².